The first-order valence-electron chi connectivity index (χ1n) is 8.03. The molecule has 0 aliphatic rings. The number of carbonyl (C=O) groups is 1. The third kappa shape index (κ3) is 5.83. The Morgan fingerprint density at radius 2 is 1.96 bits per heavy atom. The normalized spacial score (nSPS) is 10.8. The third-order valence-corrected chi connectivity index (χ3v) is 4.42. The van der Waals surface area contributed by atoms with E-state index < -0.39 is 5.97 Å². The highest BCUT2D eigenvalue weighted by Crippen LogP contribution is 2.35. The molecule has 0 spiro atoms. The van der Waals surface area contributed by atoms with Crippen molar-refractivity contribution < 1.29 is 14.6 Å². The van der Waals surface area contributed by atoms with Crippen LogP contribution in [0, 0.1) is 0 Å². The summed E-state index contributed by atoms with van der Waals surface area (Å²) < 4.78 is 5.78. The van der Waals surface area contributed by atoms with Gasteiger partial charge < -0.3 is 15.2 Å². The second kappa shape index (κ2) is 8.97. The Bertz CT molecular complexity index is 747. The molecule has 25 heavy (non-hydrogen) atoms. The van der Waals surface area contributed by atoms with Gasteiger partial charge in [-0.1, -0.05) is 41.4 Å². The lowest BCUT2D eigenvalue weighted by atomic mass is 10.1. The third-order valence-electron chi connectivity index (χ3n) is 3.51. The zero-order valence-corrected chi connectivity index (χ0v) is 15.7. The Labute approximate surface area is 157 Å². The predicted octanol–water partition coefficient (Wildman–Crippen LogP) is 5.41. The molecule has 134 valence electrons. The molecule has 2 aromatic carbocycles. The fraction of sp³-hybridized carbons (Fsp3) is 0.316. The van der Waals surface area contributed by atoms with E-state index in [4.69, 9.17) is 33.0 Å². The highest BCUT2D eigenvalue weighted by Gasteiger charge is 2.12. The van der Waals surface area contributed by atoms with Crippen LogP contribution in [0.25, 0.3) is 0 Å². The lowest BCUT2D eigenvalue weighted by Crippen LogP contribution is -2.09. The Balaban J connectivity index is 2.06. The molecule has 2 N–H and O–H groups in total. The maximum atomic E-state index is 10.7. The van der Waals surface area contributed by atoms with Crippen molar-refractivity contribution in [2.45, 2.75) is 39.3 Å². The fourth-order valence-electron chi connectivity index (χ4n) is 2.36. The largest absolute Gasteiger partial charge is 0.487 e. The van der Waals surface area contributed by atoms with Crippen LogP contribution in [0.5, 0.6) is 5.75 Å². The van der Waals surface area contributed by atoms with Crippen LogP contribution in [0.2, 0.25) is 10.0 Å². The zero-order chi connectivity index (χ0) is 18.4. The van der Waals surface area contributed by atoms with Crippen molar-refractivity contribution in [3.8, 4) is 5.75 Å². The van der Waals surface area contributed by atoms with Crippen LogP contribution in [0.3, 0.4) is 0 Å². The molecule has 0 radical (unpaired) electrons. The molecule has 0 heterocycles. The summed E-state index contributed by atoms with van der Waals surface area (Å²) in [6.07, 6.45) is 0.336. The molecule has 2 aromatic rings. The van der Waals surface area contributed by atoms with Crippen molar-refractivity contribution >= 4 is 34.9 Å². The Morgan fingerprint density at radius 1 is 1.20 bits per heavy atom. The molecule has 0 amide bonds. The van der Waals surface area contributed by atoms with Gasteiger partial charge in [0.1, 0.15) is 17.4 Å². The number of nitrogens with one attached hydrogen (secondary N) is 1. The topological polar surface area (TPSA) is 58.6 Å². The molecule has 4 nitrogen and oxygen atoms in total. The monoisotopic (exact) mass is 381 g/mol. The van der Waals surface area contributed by atoms with Gasteiger partial charge in [0.15, 0.2) is 0 Å². The van der Waals surface area contributed by atoms with Crippen molar-refractivity contribution in [3.05, 3.63) is 57.6 Å². The standard InChI is InChI=1S/C19H21Cl2NO3/c1-12(2)22-15-5-3-4-13(10-15)11-25-16-8-6-14(7-9-17(23)24)18(20)19(16)21/h3-6,8,10,12,22H,7,9,11H2,1-2H3,(H,23,24). The summed E-state index contributed by atoms with van der Waals surface area (Å²) in [7, 11) is 0. The van der Waals surface area contributed by atoms with Gasteiger partial charge in [-0.15, -0.1) is 0 Å². The quantitative estimate of drug-likeness (QED) is 0.641. The van der Waals surface area contributed by atoms with Gasteiger partial charge in [-0.3, -0.25) is 4.79 Å². The summed E-state index contributed by atoms with van der Waals surface area (Å²) in [6, 6.07) is 11.8. The van der Waals surface area contributed by atoms with E-state index in [9.17, 15) is 4.79 Å². The fourth-order valence-corrected chi connectivity index (χ4v) is 2.85. The number of carboxylic acid groups (broad SMARTS) is 1. The Hall–Kier alpha value is -1.91. The average molecular weight is 382 g/mol. The number of anilines is 1. The number of hydrogen-bond acceptors (Lipinski definition) is 3. The van der Waals surface area contributed by atoms with E-state index in [0.29, 0.717) is 40.4 Å². The number of hydrogen-bond donors (Lipinski definition) is 2. The van der Waals surface area contributed by atoms with Crippen LogP contribution in [-0.2, 0) is 17.8 Å². The minimum atomic E-state index is -0.873. The molecule has 0 aliphatic carbocycles. The Morgan fingerprint density at radius 3 is 2.64 bits per heavy atom. The van der Waals surface area contributed by atoms with Gasteiger partial charge >= 0.3 is 5.97 Å². The maximum absolute atomic E-state index is 10.7. The predicted molar refractivity (Wildman–Crippen MR) is 102 cm³/mol. The van der Waals surface area contributed by atoms with Gasteiger partial charge in [0.2, 0.25) is 0 Å². The van der Waals surface area contributed by atoms with Crippen LogP contribution in [0.4, 0.5) is 5.69 Å². The summed E-state index contributed by atoms with van der Waals surface area (Å²) >= 11 is 12.5. The molecule has 0 unspecified atom stereocenters. The van der Waals surface area contributed by atoms with E-state index in [1.807, 2.05) is 24.3 Å². The highest BCUT2D eigenvalue weighted by atomic mass is 35.5. The molecule has 2 rings (SSSR count). The Kier molecular flexibility index (Phi) is 6.97. The van der Waals surface area contributed by atoms with E-state index in [1.165, 1.54) is 0 Å². The number of ether oxygens (including phenoxy) is 1. The van der Waals surface area contributed by atoms with E-state index in [1.54, 1.807) is 12.1 Å². The van der Waals surface area contributed by atoms with E-state index in [0.717, 1.165) is 11.3 Å². The van der Waals surface area contributed by atoms with Gasteiger partial charge in [-0.25, -0.2) is 0 Å². The van der Waals surface area contributed by atoms with Crippen molar-refractivity contribution in [2.75, 3.05) is 5.32 Å². The number of rotatable bonds is 8. The van der Waals surface area contributed by atoms with Crippen molar-refractivity contribution in [3.63, 3.8) is 0 Å². The number of aryl methyl sites for hydroxylation is 1. The summed E-state index contributed by atoms with van der Waals surface area (Å²) in [5.41, 5.74) is 2.74. The summed E-state index contributed by atoms with van der Waals surface area (Å²) in [5.74, 6) is -0.393. The maximum Gasteiger partial charge on any atom is 0.303 e. The summed E-state index contributed by atoms with van der Waals surface area (Å²) in [5, 5.41) is 12.8. The molecule has 0 bridgehead atoms. The molecular weight excluding hydrogens is 361 g/mol. The molecule has 0 aromatic heterocycles. The van der Waals surface area contributed by atoms with Gasteiger partial charge in [-0.05, 0) is 49.6 Å². The average Bonchev–Trinajstić information content (AvgIpc) is 2.55. The minimum absolute atomic E-state index is 0.00585. The number of carboxylic acids is 1. The van der Waals surface area contributed by atoms with Crippen LogP contribution < -0.4 is 10.1 Å². The van der Waals surface area contributed by atoms with E-state index in [-0.39, 0.29) is 6.42 Å². The lowest BCUT2D eigenvalue weighted by molar-refractivity contribution is -0.136. The van der Waals surface area contributed by atoms with Gasteiger partial charge in [0, 0.05) is 18.2 Å². The summed E-state index contributed by atoms with van der Waals surface area (Å²) in [4.78, 5) is 10.7. The van der Waals surface area contributed by atoms with Gasteiger partial charge in [-0.2, -0.15) is 0 Å². The van der Waals surface area contributed by atoms with Crippen molar-refractivity contribution in [1.29, 1.82) is 0 Å². The van der Waals surface area contributed by atoms with Crippen LogP contribution >= 0.6 is 23.2 Å². The van der Waals surface area contributed by atoms with E-state index in [2.05, 4.69) is 19.2 Å². The van der Waals surface area contributed by atoms with Crippen LogP contribution in [-0.4, -0.2) is 17.1 Å². The summed E-state index contributed by atoms with van der Waals surface area (Å²) in [6.45, 7) is 4.52. The van der Waals surface area contributed by atoms with Gasteiger partial charge in [0.25, 0.3) is 0 Å². The highest BCUT2D eigenvalue weighted by molar-refractivity contribution is 6.43. The molecule has 0 atom stereocenters. The first kappa shape index (κ1) is 19.4. The SMILES string of the molecule is CC(C)Nc1cccc(COc2ccc(CCC(=O)O)c(Cl)c2Cl)c1. The molecule has 0 aliphatic heterocycles. The first-order valence-corrected chi connectivity index (χ1v) is 8.79. The molecule has 0 saturated carbocycles. The number of halogens is 2. The van der Waals surface area contributed by atoms with Crippen LogP contribution in [0.15, 0.2) is 36.4 Å². The molecule has 0 saturated heterocycles. The lowest BCUT2D eigenvalue weighted by Gasteiger charge is -2.14. The van der Waals surface area contributed by atoms with Gasteiger partial charge in [0.05, 0.1) is 5.02 Å². The van der Waals surface area contributed by atoms with Crippen molar-refractivity contribution in [1.82, 2.24) is 0 Å². The number of aliphatic carboxylic acids is 1. The second-order valence-corrected chi connectivity index (χ2v) is 6.79. The molecule has 0 fully saturated rings. The molecule has 6 heteroatoms. The molecular formula is C19H21Cl2NO3. The second-order valence-electron chi connectivity index (χ2n) is 6.03. The van der Waals surface area contributed by atoms with E-state index >= 15 is 0 Å². The zero-order valence-electron chi connectivity index (χ0n) is 14.2. The van der Waals surface area contributed by atoms with Crippen molar-refractivity contribution in [2.24, 2.45) is 0 Å². The smallest absolute Gasteiger partial charge is 0.303 e. The first-order chi connectivity index (χ1) is 11.9. The van der Waals surface area contributed by atoms with Crippen LogP contribution in [0.1, 0.15) is 31.4 Å². The number of benzene rings is 2. The minimum Gasteiger partial charge on any atom is -0.487 e.